The molecule has 4 amide bonds. The zero-order chi connectivity index (χ0) is 32.7. The van der Waals surface area contributed by atoms with Crippen LogP contribution in [0.1, 0.15) is 81.1 Å². The quantitative estimate of drug-likeness (QED) is 0.146. The molecule has 0 aromatic rings. The van der Waals surface area contributed by atoms with Crippen LogP contribution in [0.25, 0.3) is 0 Å². The van der Waals surface area contributed by atoms with Gasteiger partial charge in [0.15, 0.2) is 0 Å². The van der Waals surface area contributed by atoms with Gasteiger partial charge < -0.3 is 30.3 Å². The van der Waals surface area contributed by atoms with Gasteiger partial charge >= 0.3 is 12.1 Å². The van der Waals surface area contributed by atoms with Gasteiger partial charge in [0.1, 0.15) is 17.7 Å². The van der Waals surface area contributed by atoms with E-state index >= 15 is 0 Å². The minimum absolute atomic E-state index is 0.0304. The van der Waals surface area contributed by atoms with Gasteiger partial charge in [-0.15, -0.1) is 6.58 Å². The van der Waals surface area contributed by atoms with Crippen LogP contribution in [0.3, 0.4) is 0 Å². The number of amides is 4. The first-order chi connectivity index (χ1) is 19.9. The Bertz CT molecular complexity index is 1080. The average Bonchev–Trinajstić information content (AvgIpc) is 3.22. The second-order valence-electron chi connectivity index (χ2n) is 13.4. The summed E-state index contributed by atoms with van der Waals surface area (Å²) in [5, 5.41) is 7.76. The van der Waals surface area contributed by atoms with Gasteiger partial charge in [-0.05, 0) is 56.8 Å². The molecule has 1 saturated carbocycles. The van der Waals surface area contributed by atoms with E-state index in [2.05, 4.69) is 22.5 Å². The Morgan fingerprint density at radius 3 is 2.26 bits per heavy atom. The number of piperidine rings is 1. The third kappa shape index (κ3) is 9.79. The zero-order valence-electron chi connectivity index (χ0n) is 26.9. The summed E-state index contributed by atoms with van der Waals surface area (Å²) < 4.78 is 10.6. The molecule has 0 bridgehead atoms. The molecular formula is C31H50N4O8. The van der Waals surface area contributed by atoms with Crippen molar-refractivity contribution in [3.05, 3.63) is 12.7 Å². The molecule has 2 unspecified atom stereocenters. The van der Waals surface area contributed by atoms with E-state index < -0.39 is 59.3 Å². The molecule has 1 aliphatic heterocycles. The fraction of sp³-hybridized carbons (Fsp3) is 0.742. The number of fused-ring (bicyclic) bond motifs is 1. The molecule has 1 heterocycles. The van der Waals surface area contributed by atoms with Crippen molar-refractivity contribution >= 4 is 35.6 Å². The Morgan fingerprint density at radius 2 is 1.70 bits per heavy atom. The molecule has 0 radical (unpaired) electrons. The molecule has 1 aliphatic carbocycles. The lowest BCUT2D eigenvalue weighted by Crippen LogP contribution is -2.58. The largest absolute Gasteiger partial charge is 0.460 e. The predicted molar refractivity (Wildman–Crippen MR) is 160 cm³/mol. The van der Waals surface area contributed by atoms with Crippen LogP contribution in [0.15, 0.2) is 12.7 Å². The van der Waals surface area contributed by atoms with Gasteiger partial charge in [0.05, 0.1) is 12.6 Å². The van der Waals surface area contributed by atoms with Crippen LogP contribution in [0.5, 0.6) is 0 Å². The third-order valence-corrected chi connectivity index (χ3v) is 7.80. The fourth-order valence-corrected chi connectivity index (χ4v) is 5.58. The molecule has 3 N–H and O–H groups in total. The lowest BCUT2D eigenvalue weighted by Gasteiger charge is -2.33. The molecule has 2 rings (SSSR count). The molecule has 12 nitrogen and oxygen atoms in total. The number of ether oxygens (including phenoxy) is 2. The summed E-state index contributed by atoms with van der Waals surface area (Å²) in [7, 11) is 0. The maximum absolute atomic E-state index is 14.0. The monoisotopic (exact) mass is 606 g/mol. The van der Waals surface area contributed by atoms with Crippen LogP contribution in [0.2, 0.25) is 0 Å². The van der Waals surface area contributed by atoms with Gasteiger partial charge in [-0.1, -0.05) is 47.1 Å². The van der Waals surface area contributed by atoms with E-state index in [1.165, 1.54) is 11.0 Å². The minimum Gasteiger partial charge on any atom is -0.460 e. The Balaban J connectivity index is 2.29. The molecule has 2 fully saturated rings. The highest BCUT2D eigenvalue weighted by atomic mass is 16.6. The van der Waals surface area contributed by atoms with Crippen LogP contribution in [-0.4, -0.2) is 83.9 Å². The highest BCUT2D eigenvalue weighted by Gasteiger charge is 2.69. The van der Waals surface area contributed by atoms with Gasteiger partial charge in [0.25, 0.3) is 5.91 Å². The van der Waals surface area contributed by atoms with E-state index in [0.29, 0.717) is 6.42 Å². The lowest BCUT2D eigenvalue weighted by molar-refractivity contribution is -0.155. The first-order valence-electron chi connectivity index (χ1n) is 15.1. The average molecular weight is 607 g/mol. The number of likely N-dealkylation sites (tertiary alicyclic amines) is 1. The van der Waals surface area contributed by atoms with Gasteiger partial charge in [-0.2, -0.15) is 0 Å². The van der Waals surface area contributed by atoms with Crippen molar-refractivity contribution in [2.75, 3.05) is 19.7 Å². The summed E-state index contributed by atoms with van der Waals surface area (Å²) in [5.74, 6) is -3.28. The number of hydrogen-bond acceptors (Lipinski definition) is 8. The maximum atomic E-state index is 14.0. The molecule has 0 spiro atoms. The van der Waals surface area contributed by atoms with Gasteiger partial charge in [0, 0.05) is 19.5 Å². The summed E-state index contributed by atoms with van der Waals surface area (Å²) in [4.78, 5) is 79.4. The summed E-state index contributed by atoms with van der Waals surface area (Å²) in [6, 6.07) is -3.14. The maximum Gasteiger partial charge on any atom is 0.407 e. The van der Waals surface area contributed by atoms with Crippen LogP contribution in [0.4, 0.5) is 4.79 Å². The number of nitrogens with zero attached hydrogens (tertiary/aromatic N) is 1. The zero-order valence-corrected chi connectivity index (χ0v) is 26.9. The Hall–Kier alpha value is -3.44. The minimum atomic E-state index is -1.15. The second kappa shape index (κ2) is 14.8. The van der Waals surface area contributed by atoms with Crippen molar-refractivity contribution in [1.82, 2.24) is 20.9 Å². The Kier molecular flexibility index (Phi) is 12.3. The molecule has 0 aromatic heterocycles. The highest BCUT2D eigenvalue weighted by molar-refractivity contribution is 6.38. The van der Waals surface area contributed by atoms with E-state index in [1.807, 2.05) is 34.6 Å². The Labute approximate surface area is 255 Å². The lowest BCUT2D eigenvalue weighted by atomic mass is 9.98. The standard InChI is InChI=1S/C31H50N4O8/c1-10-12-20(25(37)27(39)32-15-11-2)33-26(38)24-23-19(31(23,8)9)16-35(24)28(40)21(34-29(41)42-17-18(3)4)13-14-22(36)43-30(5,6)7/h11,18-21,23-24H,2,10,12-17H2,1,3-9H3,(H,32,39)(H,33,38)(H,34,41)/t19-,20?,21?,23-,24-/m0/s1. The predicted octanol–water partition coefficient (Wildman–Crippen LogP) is 2.50. The van der Waals surface area contributed by atoms with E-state index in [4.69, 9.17) is 9.47 Å². The van der Waals surface area contributed by atoms with Gasteiger partial charge in [-0.25, -0.2) is 4.79 Å². The fourth-order valence-electron chi connectivity index (χ4n) is 5.58. The van der Waals surface area contributed by atoms with Gasteiger partial charge in [0.2, 0.25) is 17.6 Å². The normalized spacial score (nSPS) is 21.6. The molecule has 43 heavy (non-hydrogen) atoms. The number of carbonyl (C=O) groups is 6. The summed E-state index contributed by atoms with van der Waals surface area (Å²) in [5.41, 5.74) is -0.944. The van der Waals surface area contributed by atoms with E-state index in [9.17, 15) is 28.8 Å². The van der Waals surface area contributed by atoms with Crippen LogP contribution in [0, 0.1) is 23.2 Å². The summed E-state index contributed by atoms with van der Waals surface area (Å²) in [6.07, 6.45) is 1.21. The molecule has 12 heteroatoms. The Morgan fingerprint density at radius 1 is 1.05 bits per heavy atom. The number of hydrogen-bond donors (Lipinski definition) is 3. The number of esters is 1. The van der Waals surface area contributed by atoms with Crippen molar-refractivity contribution in [3.63, 3.8) is 0 Å². The van der Waals surface area contributed by atoms with E-state index in [0.717, 1.165) is 0 Å². The van der Waals surface area contributed by atoms with Crippen molar-refractivity contribution in [2.45, 2.75) is 105 Å². The first-order valence-corrected chi connectivity index (χ1v) is 15.1. The van der Waals surface area contributed by atoms with Crippen LogP contribution >= 0.6 is 0 Å². The number of Topliss-reactive ketones (excluding diaryl/α,β-unsaturated/α-hetero) is 1. The van der Waals surface area contributed by atoms with Crippen molar-refractivity contribution < 1.29 is 38.2 Å². The van der Waals surface area contributed by atoms with E-state index in [1.54, 1.807) is 20.8 Å². The number of nitrogens with one attached hydrogen (secondary N) is 3. The third-order valence-electron chi connectivity index (χ3n) is 7.80. The van der Waals surface area contributed by atoms with Gasteiger partial charge in [-0.3, -0.25) is 24.0 Å². The molecule has 1 saturated heterocycles. The van der Waals surface area contributed by atoms with Crippen molar-refractivity contribution in [3.8, 4) is 0 Å². The van der Waals surface area contributed by atoms with Crippen molar-refractivity contribution in [1.29, 1.82) is 0 Å². The van der Waals surface area contributed by atoms with E-state index in [-0.39, 0.29) is 62.1 Å². The number of carbonyl (C=O) groups excluding carboxylic acids is 6. The first kappa shape index (κ1) is 35.8. The molecule has 242 valence electrons. The van der Waals surface area contributed by atoms with Crippen LogP contribution in [-0.2, 0) is 33.4 Å². The molecule has 0 aromatic carbocycles. The topological polar surface area (TPSA) is 160 Å². The smallest absolute Gasteiger partial charge is 0.407 e. The highest BCUT2D eigenvalue weighted by Crippen LogP contribution is 2.64. The molecule has 2 aliphatic rings. The summed E-state index contributed by atoms with van der Waals surface area (Å²) >= 11 is 0. The number of ketones is 1. The second-order valence-corrected chi connectivity index (χ2v) is 13.4. The molecule has 5 atom stereocenters. The van der Waals surface area contributed by atoms with Crippen LogP contribution < -0.4 is 16.0 Å². The van der Waals surface area contributed by atoms with Crippen molar-refractivity contribution in [2.24, 2.45) is 23.2 Å². The SMILES string of the molecule is C=CCNC(=O)C(=O)C(CCC)NC(=O)[C@@H]1[C@@H]2[C@H](CN1C(=O)C(CCC(=O)OC(C)(C)C)NC(=O)OCC(C)C)C2(C)C. The summed E-state index contributed by atoms with van der Waals surface area (Å²) in [6.45, 7) is 18.8. The number of rotatable bonds is 15. The number of alkyl carbamates (subject to hydrolysis) is 1. The molecular weight excluding hydrogens is 556 g/mol.